The van der Waals surface area contributed by atoms with E-state index in [9.17, 15) is 18.4 Å². The lowest BCUT2D eigenvalue weighted by Gasteiger charge is -2.35. The zero-order valence-corrected chi connectivity index (χ0v) is 22.5. The zero-order chi connectivity index (χ0) is 28.6. The predicted molar refractivity (Wildman–Crippen MR) is 151 cm³/mol. The van der Waals surface area contributed by atoms with Crippen molar-refractivity contribution in [2.45, 2.75) is 38.3 Å². The minimum absolute atomic E-state index is 0.0166. The van der Waals surface area contributed by atoms with Crippen LogP contribution in [0, 0.1) is 11.6 Å². The van der Waals surface area contributed by atoms with Crippen LogP contribution in [0.3, 0.4) is 0 Å². The summed E-state index contributed by atoms with van der Waals surface area (Å²) in [6, 6.07) is 8.79. The molecule has 6 N–H and O–H groups in total. The Bertz CT molecular complexity index is 1370. The number of piperidine rings is 1. The number of rotatable bonds is 6. The predicted octanol–water partition coefficient (Wildman–Crippen LogP) is 2.79. The number of halogens is 2. The van der Waals surface area contributed by atoms with E-state index >= 15 is 0 Å². The van der Waals surface area contributed by atoms with Gasteiger partial charge in [-0.25, -0.2) is 8.78 Å². The van der Waals surface area contributed by atoms with Crippen LogP contribution < -0.4 is 32.6 Å². The van der Waals surface area contributed by atoms with Crippen LogP contribution in [0.4, 0.5) is 25.8 Å². The fourth-order valence-electron chi connectivity index (χ4n) is 4.77. The van der Waals surface area contributed by atoms with Gasteiger partial charge in [0, 0.05) is 56.2 Å². The van der Waals surface area contributed by atoms with Crippen LogP contribution >= 0.6 is 0 Å². The smallest absolute Gasteiger partial charge is 0.276 e. The van der Waals surface area contributed by atoms with Gasteiger partial charge in [-0.1, -0.05) is 6.07 Å². The number of nitrogens with one attached hydrogen (secondary N) is 2. The Balaban J connectivity index is 0.000000666. The van der Waals surface area contributed by atoms with Gasteiger partial charge in [-0.05, 0) is 63.1 Å². The number of hydrogen-bond acceptors (Lipinski definition) is 8. The van der Waals surface area contributed by atoms with Gasteiger partial charge < -0.3 is 31.7 Å². The molecular weight excluding hydrogens is 520 g/mol. The average Bonchev–Trinajstić information content (AvgIpc) is 3.52. The molecule has 2 saturated heterocycles. The number of aromatic nitrogens is 2. The van der Waals surface area contributed by atoms with E-state index in [1.54, 1.807) is 19.2 Å². The molecule has 1 unspecified atom stereocenters. The van der Waals surface area contributed by atoms with Crippen molar-refractivity contribution in [2.24, 2.45) is 5.73 Å². The Labute approximate surface area is 231 Å². The molecule has 1 aromatic heterocycles. The lowest BCUT2D eigenvalue weighted by atomic mass is 10.0. The van der Waals surface area contributed by atoms with Crippen LogP contribution in [0.2, 0.25) is 0 Å². The highest BCUT2D eigenvalue weighted by atomic mass is 19.1. The molecule has 10 nitrogen and oxygen atoms in total. The summed E-state index contributed by atoms with van der Waals surface area (Å²) < 4.78 is 34.0. The first kappa shape index (κ1) is 29.1. The number of amides is 1. The number of benzene rings is 2. The summed E-state index contributed by atoms with van der Waals surface area (Å²) in [6.45, 7) is 3.80. The third-order valence-corrected chi connectivity index (χ3v) is 6.70. The second kappa shape index (κ2) is 13.5. The Hall–Kier alpha value is -3.87. The highest BCUT2D eigenvalue weighted by Crippen LogP contribution is 2.36. The summed E-state index contributed by atoms with van der Waals surface area (Å²) in [5.41, 5.74) is 13.4. The van der Waals surface area contributed by atoms with Crippen LogP contribution in [0.5, 0.6) is 0 Å². The van der Waals surface area contributed by atoms with Crippen molar-refractivity contribution in [2.75, 3.05) is 49.3 Å². The van der Waals surface area contributed by atoms with Gasteiger partial charge in [0.05, 0.1) is 11.4 Å². The Kier molecular flexibility index (Phi) is 9.80. The topological polar surface area (TPSA) is 141 Å². The number of nitrogen functional groups attached to an aromatic ring is 1. The fraction of sp³-hybridized carbons (Fsp3) is 0.393. The molecule has 40 heavy (non-hydrogen) atoms. The van der Waals surface area contributed by atoms with Gasteiger partial charge >= 0.3 is 0 Å². The molecule has 0 radical (unpaired) electrons. The second-order valence-electron chi connectivity index (χ2n) is 9.72. The molecular formula is C28H35F2N7O3. The van der Waals surface area contributed by atoms with Crippen LogP contribution in [0.15, 0.2) is 47.3 Å². The number of ether oxygens (including phenoxy) is 1. The van der Waals surface area contributed by atoms with E-state index in [0.29, 0.717) is 29.1 Å². The van der Waals surface area contributed by atoms with E-state index < -0.39 is 28.8 Å². The molecule has 214 valence electrons. The SMILES string of the molecule is C1CCOC1.CNCc1c(N)ccc(NC(=O)c2ccc(=O)n(-c3c(F)cccc3F)n2)c1N1CCCC(N)C1. The molecule has 0 saturated carbocycles. The summed E-state index contributed by atoms with van der Waals surface area (Å²) in [6.07, 6.45) is 4.35. The molecule has 2 fully saturated rings. The summed E-state index contributed by atoms with van der Waals surface area (Å²) in [5.74, 6) is -2.61. The van der Waals surface area contributed by atoms with E-state index in [1.165, 1.54) is 25.0 Å². The molecule has 3 aromatic rings. The number of para-hydroxylation sites is 1. The summed E-state index contributed by atoms with van der Waals surface area (Å²) in [5, 5.41) is 9.85. The minimum atomic E-state index is -0.976. The molecule has 0 bridgehead atoms. The van der Waals surface area contributed by atoms with Crippen LogP contribution in [0.1, 0.15) is 41.7 Å². The molecule has 2 aromatic carbocycles. The van der Waals surface area contributed by atoms with Gasteiger partial charge in [-0.2, -0.15) is 9.78 Å². The maximum Gasteiger partial charge on any atom is 0.276 e. The first-order valence-corrected chi connectivity index (χ1v) is 13.3. The maximum absolute atomic E-state index is 14.3. The van der Waals surface area contributed by atoms with Gasteiger partial charge in [0.15, 0.2) is 11.6 Å². The standard InChI is InChI=1S/C24H27F2N7O2.C4H8O/c1-29-12-15-18(28)7-8-19(22(15)32-11-3-4-14(27)13-32)30-24(35)20-9-10-21(34)33(31-20)23-16(25)5-2-6-17(23)26;1-2-4-5-3-1/h2,5-10,14,29H,3-4,11-13,27-28H2,1H3,(H,30,35);1-4H2. The molecule has 3 heterocycles. The van der Waals surface area contributed by atoms with Crippen molar-refractivity contribution in [3.05, 3.63) is 75.7 Å². The van der Waals surface area contributed by atoms with Gasteiger partial charge in [0.1, 0.15) is 11.4 Å². The Morgan fingerprint density at radius 3 is 2.42 bits per heavy atom. The van der Waals surface area contributed by atoms with Gasteiger partial charge in [-0.3, -0.25) is 9.59 Å². The second-order valence-corrected chi connectivity index (χ2v) is 9.72. The Morgan fingerprint density at radius 1 is 1.07 bits per heavy atom. The van der Waals surface area contributed by atoms with Crippen LogP contribution in [0.25, 0.3) is 5.69 Å². The fourth-order valence-corrected chi connectivity index (χ4v) is 4.77. The van der Waals surface area contributed by atoms with E-state index in [4.69, 9.17) is 16.2 Å². The number of carbonyl (C=O) groups is 1. The van der Waals surface area contributed by atoms with Crippen LogP contribution in [-0.4, -0.2) is 55.1 Å². The molecule has 2 aliphatic rings. The van der Waals surface area contributed by atoms with Gasteiger partial charge in [0.25, 0.3) is 11.5 Å². The van der Waals surface area contributed by atoms with Crippen LogP contribution in [-0.2, 0) is 11.3 Å². The van der Waals surface area contributed by atoms with Crippen molar-refractivity contribution in [1.29, 1.82) is 0 Å². The normalized spacial score (nSPS) is 16.8. The molecule has 1 atom stereocenters. The highest BCUT2D eigenvalue weighted by molar-refractivity contribution is 6.05. The monoisotopic (exact) mass is 555 g/mol. The summed E-state index contributed by atoms with van der Waals surface area (Å²) in [4.78, 5) is 27.6. The van der Waals surface area contributed by atoms with Crippen molar-refractivity contribution in [3.8, 4) is 5.69 Å². The molecule has 12 heteroatoms. The lowest BCUT2D eigenvalue weighted by molar-refractivity contribution is 0.102. The number of nitrogens with zero attached hydrogens (tertiary/aromatic N) is 3. The third-order valence-electron chi connectivity index (χ3n) is 6.70. The molecule has 5 rings (SSSR count). The molecule has 0 aliphatic carbocycles. The van der Waals surface area contributed by atoms with Gasteiger partial charge in [0.2, 0.25) is 0 Å². The van der Waals surface area contributed by atoms with Crippen molar-refractivity contribution < 1.29 is 18.3 Å². The lowest BCUT2D eigenvalue weighted by Crippen LogP contribution is -2.43. The van der Waals surface area contributed by atoms with E-state index in [1.807, 2.05) is 0 Å². The van der Waals surface area contributed by atoms with E-state index in [0.717, 1.165) is 62.1 Å². The summed E-state index contributed by atoms with van der Waals surface area (Å²) >= 11 is 0. The van der Waals surface area contributed by atoms with Crippen molar-refractivity contribution in [3.63, 3.8) is 0 Å². The number of anilines is 3. The largest absolute Gasteiger partial charge is 0.398 e. The number of carbonyl (C=O) groups excluding carboxylic acids is 1. The quantitative estimate of drug-likeness (QED) is 0.341. The minimum Gasteiger partial charge on any atom is -0.398 e. The highest BCUT2D eigenvalue weighted by Gasteiger charge is 2.25. The first-order chi connectivity index (χ1) is 19.3. The van der Waals surface area contributed by atoms with E-state index in [2.05, 4.69) is 20.6 Å². The number of nitrogens with two attached hydrogens (primary N) is 2. The average molecular weight is 556 g/mol. The molecule has 1 amide bonds. The third kappa shape index (κ3) is 6.82. The molecule has 2 aliphatic heterocycles. The molecule has 0 spiro atoms. The van der Waals surface area contributed by atoms with Gasteiger partial charge in [-0.15, -0.1) is 0 Å². The number of hydrogen-bond donors (Lipinski definition) is 4. The van der Waals surface area contributed by atoms with Crippen molar-refractivity contribution >= 4 is 23.0 Å². The van der Waals surface area contributed by atoms with Crippen molar-refractivity contribution in [1.82, 2.24) is 15.1 Å². The first-order valence-electron chi connectivity index (χ1n) is 13.3. The van der Waals surface area contributed by atoms with E-state index in [-0.39, 0.29) is 11.7 Å². The Morgan fingerprint density at radius 2 is 1.80 bits per heavy atom. The summed E-state index contributed by atoms with van der Waals surface area (Å²) in [7, 11) is 1.80. The zero-order valence-electron chi connectivity index (χ0n) is 22.5. The maximum atomic E-state index is 14.3.